The summed E-state index contributed by atoms with van der Waals surface area (Å²) in [6.45, 7) is 8.79. The standard InChI is InChI=1S/C37H26BrN3O/c1-4-22(2)35-32(27-14-10-25(21-40)11-15-27)18-28(26-12-8-24(20-39)9-13-26)19-34(35)41-23(3)29-6-5-7-30-33(38)17-16-31(36(29)30)37(41)42/h5-19,22H,3-4H2,1-2H3. The topological polar surface area (TPSA) is 69.6 Å². The number of nitrogens with zero attached hydrogens (tertiary/aromatic N) is 3. The van der Waals surface area contributed by atoms with Crippen LogP contribution < -0.4 is 10.9 Å². The zero-order valence-corrected chi connectivity index (χ0v) is 24.9. The van der Waals surface area contributed by atoms with Crippen molar-refractivity contribution in [1.29, 1.82) is 10.5 Å². The summed E-state index contributed by atoms with van der Waals surface area (Å²) in [6.07, 6.45) is 0.861. The monoisotopic (exact) mass is 607 g/mol. The Morgan fingerprint density at radius 3 is 2.05 bits per heavy atom. The number of rotatable bonds is 5. The lowest BCUT2D eigenvalue weighted by atomic mass is 9.85. The predicted octanol–water partition coefficient (Wildman–Crippen LogP) is 8.63. The van der Waals surface area contributed by atoms with E-state index in [4.69, 9.17) is 0 Å². The molecule has 6 aromatic rings. The second-order valence-electron chi connectivity index (χ2n) is 10.6. The van der Waals surface area contributed by atoms with Crippen LogP contribution in [0.3, 0.4) is 0 Å². The van der Waals surface area contributed by atoms with E-state index in [9.17, 15) is 15.3 Å². The third-order valence-electron chi connectivity index (χ3n) is 8.18. The van der Waals surface area contributed by atoms with Crippen molar-refractivity contribution in [1.82, 2.24) is 4.57 Å². The lowest BCUT2D eigenvalue weighted by Crippen LogP contribution is -2.33. The van der Waals surface area contributed by atoms with E-state index in [-0.39, 0.29) is 11.5 Å². The minimum absolute atomic E-state index is 0.114. The van der Waals surface area contributed by atoms with Crippen molar-refractivity contribution in [2.75, 3.05) is 0 Å². The molecule has 0 spiro atoms. The summed E-state index contributed by atoms with van der Waals surface area (Å²) in [5, 5.41) is 22.8. The molecule has 0 amide bonds. The van der Waals surface area contributed by atoms with E-state index in [2.05, 4.69) is 60.6 Å². The first-order valence-corrected chi connectivity index (χ1v) is 14.6. The van der Waals surface area contributed by atoms with Crippen molar-refractivity contribution in [2.45, 2.75) is 26.2 Å². The van der Waals surface area contributed by atoms with Crippen LogP contribution in [-0.4, -0.2) is 4.57 Å². The average Bonchev–Trinajstić information content (AvgIpc) is 3.03. The largest absolute Gasteiger partial charge is 0.277 e. The molecule has 0 aliphatic rings. The number of nitriles is 2. The maximum absolute atomic E-state index is 14.4. The van der Waals surface area contributed by atoms with Gasteiger partial charge in [-0.05, 0) is 94.1 Å². The molecule has 5 heteroatoms. The second-order valence-corrected chi connectivity index (χ2v) is 11.4. The van der Waals surface area contributed by atoms with Crippen LogP contribution in [0.4, 0.5) is 0 Å². The quantitative estimate of drug-likeness (QED) is 0.197. The van der Waals surface area contributed by atoms with Gasteiger partial charge in [0.2, 0.25) is 0 Å². The van der Waals surface area contributed by atoms with Crippen molar-refractivity contribution in [2.24, 2.45) is 0 Å². The molecule has 0 saturated carbocycles. The molecule has 0 aliphatic carbocycles. The van der Waals surface area contributed by atoms with Gasteiger partial charge >= 0.3 is 0 Å². The Bertz CT molecular complexity index is 2170. The van der Waals surface area contributed by atoms with Crippen LogP contribution in [0.2, 0.25) is 0 Å². The van der Waals surface area contributed by atoms with Gasteiger partial charge < -0.3 is 0 Å². The molecule has 5 aromatic carbocycles. The number of hydrogen-bond acceptors (Lipinski definition) is 3. The lowest BCUT2D eigenvalue weighted by molar-refractivity contribution is 0.725. The molecule has 4 nitrogen and oxygen atoms in total. The molecule has 1 heterocycles. The number of benzene rings is 5. The van der Waals surface area contributed by atoms with Gasteiger partial charge in [-0.3, -0.25) is 9.36 Å². The van der Waals surface area contributed by atoms with Crippen LogP contribution in [0.5, 0.6) is 0 Å². The molecule has 42 heavy (non-hydrogen) atoms. The molecule has 0 bridgehead atoms. The Balaban J connectivity index is 1.77. The number of aromatic nitrogens is 1. The fourth-order valence-electron chi connectivity index (χ4n) is 5.82. The minimum Gasteiger partial charge on any atom is -0.277 e. The first-order chi connectivity index (χ1) is 20.4. The van der Waals surface area contributed by atoms with Gasteiger partial charge in [0.05, 0.1) is 29.0 Å². The van der Waals surface area contributed by atoms with Crippen LogP contribution >= 0.6 is 15.9 Å². The summed E-state index contributed by atoms with van der Waals surface area (Å²) < 4.78 is 2.70. The van der Waals surface area contributed by atoms with Gasteiger partial charge in [0.1, 0.15) is 0 Å². The fraction of sp³-hybridized carbons (Fsp3) is 0.108. The summed E-state index contributed by atoms with van der Waals surface area (Å²) in [5.41, 5.74) is 6.68. The Labute approximate surface area is 252 Å². The van der Waals surface area contributed by atoms with Crippen LogP contribution in [0.25, 0.3) is 56.1 Å². The van der Waals surface area contributed by atoms with Gasteiger partial charge in [0, 0.05) is 26.0 Å². The number of pyridine rings is 1. The summed E-state index contributed by atoms with van der Waals surface area (Å²) in [6, 6.07) is 33.5. The van der Waals surface area contributed by atoms with Crippen molar-refractivity contribution in [3.05, 3.63) is 128 Å². The highest BCUT2D eigenvalue weighted by molar-refractivity contribution is 9.10. The Morgan fingerprint density at radius 2 is 1.43 bits per heavy atom. The molecule has 6 rings (SSSR count). The summed E-state index contributed by atoms with van der Waals surface area (Å²) in [7, 11) is 0. The van der Waals surface area contributed by atoms with Gasteiger partial charge in [0.15, 0.2) is 0 Å². The highest BCUT2D eigenvalue weighted by Gasteiger charge is 2.22. The Hall–Kier alpha value is -4.97. The van der Waals surface area contributed by atoms with E-state index in [0.29, 0.717) is 21.9 Å². The first-order valence-electron chi connectivity index (χ1n) is 13.8. The molecule has 1 atom stereocenters. The highest BCUT2D eigenvalue weighted by atomic mass is 79.9. The van der Waals surface area contributed by atoms with Gasteiger partial charge in [-0.2, -0.15) is 10.5 Å². The first kappa shape index (κ1) is 27.2. The molecule has 1 aromatic heterocycles. The van der Waals surface area contributed by atoms with E-state index in [1.165, 1.54) is 0 Å². The van der Waals surface area contributed by atoms with E-state index < -0.39 is 0 Å². The molecule has 0 aliphatic heterocycles. The second kappa shape index (κ2) is 10.8. The zero-order chi connectivity index (χ0) is 29.5. The molecular formula is C37H26BrN3O. The van der Waals surface area contributed by atoms with Gasteiger partial charge in [0.25, 0.3) is 5.56 Å². The van der Waals surface area contributed by atoms with Crippen LogP contribution in [0, 0.1) is 22.7 Å². The molecule has 202 valence electrons. The molecular weight excluding hydrogens is 582 g/mol. The Kier molecular flexibility index (Phi) is 6.99. The van der Waals surface area contributed by atoms with Gasteiger partial charge in [-0.25, -0.2) is 0 Å². The van der Waals surface area contributed by atoms with E-state index in [1.807, 2.05) is 66.7 Å². The lowest BCUT2D eigenvalue weighted by Gasteiger charge is -2.24. The SMILES string of the molecule is C=c1c2cccc3c(Br)ccc(c(=O)n1-c1cc(-c4ccc(C#N)cc4)cc(-c4ccc(C#N)cc4)c1C(C)CC)c32. The van der Waals surface area contributed by atoms with E-state index >= 15 is 0 Å². The maximum Gasteiger partial charge on any atom is 0.263 e. The zero-order valence-electron chi connectivity index (χ0n) is 23.3. The summed E-state index contributed by atoms with van der Waals surface area (Å²) in [5.74, 6) is 0.114. The number of hydrogen-bond donors (Lipinski definition) is 0. The van der Waals surface area contributed by atoms with E-state index in [1.54, 1.807) is 16.7 Å². The van der Waals surface area contributed by atoms with Crippen molar-refractivity contribution in [3.8, 4) is 40.1 Å². The molecule has 0 N–H and O–H groups in total. The number of halogens is 1. The summed E-state index contributed by atoms with van der Waals surface area (Å²) >= 11 is 3.65. The maximum atomic E-state index is 14.4. The normalized spacial score (nSPS) is 11.8. The highest BCUT2D eigenvalue weighted by Crippen LogP contribution is 2.39. The van der Waals surface area contributed by atoms with Crippen LogP contribution in [0.1, 0.15) is 42.9 Å². The van der Waals surface area contributed by atoms with Gasteiger partial charge in [-0.15, -0.1) is 0 Å². The van der Waals surface area contributed by atoms with Crippen molar-refractivity contribution >= 4 is 44.1 Å². The molecule has 0 saturated heterocycles. The smallest absolute Gasteiger partial charge is 0.263 e. The molecule has 1 unspecified atom stereocenters. The Morgan fingerprint density at radius 1 is 0.810 bits per heavy atom. The van der Waals surface area contributed by atoms with Gasteiger partial charge in [-0.1, -0.05) is 78.8 Å². The predicted molar refractivity (Wildman–Crippen MR) is 174 cm³/mol. The van der Waals surface area contributed by atoms with Crippen molar-refractivity contribution in [3.63, 3.8) is 0 Å². The van der Waals surface area contributed by atoms with Crippen LogP contribution in [-0.2, 0) is 0 Å². The molecule has 0 radical (unpaired) electrons. The van der Waals surface area contributed by atoms with E-state index in [0.717, 1.165) is 60.6 Å². The third kappa shape index (κ3) is 4.40. The minimum atomic E-state index is -0.122. The molecule has 0 fully saturated rings. The summed E-state index contributed by atoms with van der Waals surface area (Å²) in [4.78, 5) is 14.4. The van der Waals surface area contributed by atoms with Crippen molar-refractivity contribution < 1.29 is 0 Å². The van der Waals surface area contributed by atoms with Crippen LogP contribution in [0.15, 0.2) is 100 Å². The third-order valence-corrected chi connectivity index (χ3v) is 8.87. The fourth-order valence-corrected chi connectivity index (χ4v) is 6.28. The average molecular weight is 609 g/mol.